The molecule has 120 valence electrons. The molecule has 0 spiro atoms. The predicted octanol–water partition coefficient (Wildman–Crippen LogP) is 3.31. The fourth-order valence-corrected chi connectivity index (χ4v) is 2.49. The van der Waals surface area contributed by atoms with Gasteiger partial charge in [-0.15, -0.1) is 0 Å². The Labute approximate surface area is 132 Å². The second kappa shape index (κ2) is 6.75. The maximum Gasteiger partial charge on any atom is 0.228 e. The minimum atomic E-state index is -0.724. The molecule has 2 aromatic carbocycles. The molecule has 1 amide bonds. The van der Waals surface area contributed by atoms with Crippen molar-refractivity contribution in [3.8, 4) is 11.5 Å². The Balaban J connectivity index is 1.78. The van der Waals surface area contributed by atoms with Crippen LogP contribution >= 0.6 is 0 Å². The first kappa shape index (κ1) is 15.4. The van der Waals surface area contributed by atoms with Crippen molar-refractivity contribution in [3.05, 3.63) is 54.1 Å². The third kappa shape index (κ3) is 3.84. The summed E-state index contributed by atoms with van der Waals surface area (Å²) in [6.45, 7) is 1.46. The van der Waals surface area contributed by atoms with Gasteiger partial charge in [0, 0.05) is 24.7 Å². The Morgan fingerprint density at radius 2 is 1.91 bits per heavy atom. The fraction of sp³-hybridized carbons (Fsp3) is 0.235. The van der Waals surface area contributed by atoms with E-state index in [2.05, 4.69) is 10.6 Å². The third-order valence-electron chi connectivity index (χ3n) is 3.64. The molecule has 1 atom stereocenters. The number of anilines is 1. The van der Waals surface area contributed by atoms with Crippen molar-refractivity contribution in [1.29, 1.82) is 0 Å². The van der Waals surface area contributed by atoms with E-state index in [0.717, 1.165) is 31.2 Å². The molecule has 0 aromatic heterocycles. The highest BCUT2D eigenvalue weighted by Gasteiger charge is 2.23. The molecule has 0 radical (unpaired) electrons. The predicted molar refractivity (Wildman–Crippen MR) is 82.5 cm³/mol. The number of hydrogen-bond donors (Lipinski definition) is 2. The van der Waals surface area contributed by atoms with Crippen LogP contribution in [0.5, 0.6) is 11.5 Å². The van der Waals surface area contributed by atoms with Crippen molar-refractivity contribution in [1.82, 2.24) is 5.32 Å². The van der Waals surface area contributed by atoms with Crippen LogP contribution in [0.25, 0.3) is 0 Å². The number of ether oxygens (including phenoxy) is 1. The molecule has 6 heteroatoms. The second-order valence-electron chi connectivity index (χ2n) is 5.38. The van der Waals surface area contributed by atoms with E-state index in [-0.39, 0.29) is 17.6 Å². The monoisotopic (exact) mass is 318 g/mol. The summed E-state index contributed by atoms with van der Waals surface area (Å²) >= 11 is 0. The van der Waals surface area contributed by atoms with Gasteiger partial charge in [0.1, 0.15) is 17.4 Å². The van der Waals surface area contributed by atoms with Crippen molar-refractivity contribution in [3.63, 3.8) is 0 Å². The highest BCUT2D eigenvalue weighted by molar-refractivity contribution is 5.94. The number of nitrogens with one attached hydrogen (secondary N) is 2. The van der Waals surface area contributed by atoms with E-state index in [1.807, 2.05) is 0 Å². The van der Waals surface area contributed by atoms with Gasteiger partial charge in [0.15, 0.2) is 5.75 Å². The standard InChI is InChI=1S/C17H16F2N2O2/c18-12-7-13(19)9-14(8-12)23-16-4-2-1-3-15(16)21-17(22)11-5-6-20-10-11/h1-4,7-9,11,20H,5-6,10H2,(H,21,22)/t11-/m1/s1. The summed E-state index contributed by atoms with van der Waals surface area (Å²) in [6, 6.07) is 9.73. The molecule has 1 aliphatic rings. The van der Waals surface area contributed by atoms with Crippen LogP contribution in [0.2, 0.25) is 0 Å². The van der Waals surface area contributed by atoms with Crippen LogP contribution in [0, 0.1) is 17.6 Å². The summed E-state index contributed by atoms with van der Waals surface area (Å²) in [5, 5.41) is 5.94. The van der Waals surface area contributed by atoms with Gasteiger partial charge in [0.05, 0.1) is 11.6 Å². The number of para-hydroxylation sites is 2. The van der Waals surface area contributed by atoms with Crippen LogP contribution in [-0.4, -0.2) is 19.0 Å². The Kier molecular flexibility index (Phi) is 4.52. The lowest BCUT2D eigenvalue weighted by Gasteiger charge is -2.14. The van der Waals surface area contributed by atoms with Crippen molar-refractivity contribution in [2.75, 3.05) is 18.4 Å². The van der Waals surface area contributed by atoms with Gasteiger partial charge in [0.2, 0.25) is 5.91 Å². The first-order valence-electron chi connectivity index (χ1n) is 7.36. The van der Waals surface area contributed by atoms with Gasteiger partial charge < -0.3 is 15.4 Å². The molecular weight excluding hydrogens is 302 g/mol. The van der Waals surface area contributed by atoms with Gasteiger partial charge in [-0.1, -0.05) is 12.1 Å². The van der Waals surface area contributed by atoms with Crippen molar-refractivity contribution in [2.24, 2.45) is 5.92 Å². The number of amides is 1. The summed E-state index contributed by atoms with van der Waals surface area (Å²) in [6.07, 6.45) is 0.782. The van der Waals surface area contributed by atoms with E-state index in [1.165, 1.54) is 0 Å². The van der Waals surface area contributed by atoms with Crippen LogP contribution in [0.3, 0.4) is 0 Å². The Morgan fingerprint density at radius 1 is 1.17 bits per heavy atom. The molecule has 0 bridgehead atoms. The first-order valence-corrected chi connectivity index (χ1v) is 7.36. The van der Waals surface area contributed by atoms with Crippen LogP contribution < -0.4 is 15.4 Å². The molecule has 1 aliphatic heterocycles. The molecule has 0 saturated carbocycles. The van der Waals surface area contributed by atoms with Crippen molar-refractivity contribution in [2.45, 2.75) is 6.42 Å². The van der Waals surface area contributed by atoms with Gasteiger partial charge in [-0.05, 0) is 25.1 Å². The Bertz CT molecular complexity index is 695. The highest BCUT2D eigenvalue weighted by atomic mass is 19.1. The topological polar surface area (TPSA) is 50.4 Å². The highest BCUT2D eigenvalue weighted by Crippen LogP contribution is 2.30. The number of carbonyl (C=O) groups excluding carboxylic acids is 1. The van der Waals surface area contributed by atoms with Gasteiger partial charge in [-0.3, -0.25) is 4.79 Å². The zero-order valence-electron chi connectivity index (χ0n) is 12.3. The number of carbonyl (C=O) groups is 1. The quantitative estimate of drug-likeness (QED) is 0.909. The molecule has 0 unspecified atom stereocenters. The van der Waals surface area contributed by atoms with E-state index < -0.39 is 11.6 Å². The van der Waals surface area contributed by atoms with Gasteiger partial charge >= 0.3 is 0 Å². The summed E-state index contributed by atoms with van der Waals surface area (Å²) in [5.74, 6) is -1.27. The van der Waals surface area contributed by atoms with Gasteiger partial charge in [0.25, 0.3) is 0 Å². The smallest absolute Gasteiger partial charge is 0.228 e. The maximum absolute atomic E-state index is 13.2. The van der Waals surface area contributed by atoms with Gasteiger partial charge in [-0.2, -0.15) is 0 Å². The zero-order valence-corrected chi connectivity index (χ0v) is 12.3. The van der Waals surface area contributed by atoms with E-state index in [1.54, 1.807) is 24.3 Å². The summed E-state index contributed by atoms with van der Waals surface area (Å²) in [7, 11) is 0. The summed E-state index contributed by atoms with van der Waals surface area (Å²) < 4.78 is 32.0. The lowest BCUT2D eigenvalue weighted by atomic mass is 10.1. The van der Waals surface area contributed by atoms with Crippen LogP contribution in [0.15, 0.2) is 42.5 Å². The molecule has 1 fully saturated rings. The lowest BCUT2D eigenvalue weighted by Crippen LogP contribution is -2.24. The van der Waals surface area contributed by atoms with Gasteiger partial charge in [-0.25, -0.2) is 8.78 Å². The Hall–Kier alpha value is -2.47. The van der Waals surface area contributed by atoms with Crippen LogP contribution in [0.1, 0.15) is 6.42 Å². The number of hydrogen-bond acceptors (Lipinski definition) is 3. The molecule has 2 aromatic rings. The van der Waals surface area contributed by atoms with Crippen molar-refractivity contribution >= 4 is 11.6 Å². The van der Waals surface area contributed by atoms with Crippen molar-refractivity contribution < 1.29 is 18.3 Å². The average Bonchev–Trinajstić information content (AvgIpc) is 3.02. The summed E-state index contributed by atoms with van der Waals surface area (Å²) in [5.41, 5.74) is 0.467. The van der Waals surface area contributed by atoms with Crippen LogP contribution in [0.4, 0.5) is 14.5 Å². The molecule has 0 aliphatic carbocycles. The third-order valence-corrected chi connectivity index (χ3v) is 3.64. The van der Waals surface area contributed by atoms with E-state index in [4.69, 9.17) is 4.74 Å². The molecule has 23 heavy (non-hydrogen) atoms. The number of halogens is 2. The second-order valence-corrected chi connectivity index (χ2v) is 5.38. The molecule has 1 heterocycles. The minimum Gasteiger partial charge on any atom is -0.455 e. The van der Waals surface area contributed by atoms with E-state index >= 15 is 0 Å². The minimum absolute atomic E-state index is 0.0340. The van der Waals surface area contributed by atoms with Crippen LogP contribution in [-0.2, 0) is 4.79 Å². The Morgan fingerprint density at radius 3 is 2.61 bits per heavy atom. The molecule has 2 N–H and O–H groups in total. The average molecular weight is 318 g/mol. The zero-order chi connectivity index (χ0) is 16.2. The molecule has 4 nitrogen and oxygen atoms in total. The summed E-state index contributed by atoms with van der Waals surface area (Å²) in [4.78, 5) is 12.2. The molecular formula is C17H16F2N2O2. The number of benzene rings is 2. The lowest BCUT2D eigenvalue weighted by molar-refractivity contribution is -0.119. The van der Waals surface area contributed by atoms with E-state index in [0.29, 0.717) is 18.0 Å². The largest absolute Gasteiger partial charge is 0.455 e. The maximum atomic E-state index is 13.2. The molecule has 1 saturated heterocycles. The first-order chi connectivity index (χ1) is 11.1. The van der Waals surface area contributed by atoms with E-state index in [9.17, 15) is 13.6 Å². The SMILES string of the molecule is O=C(Nc1ccccc1Oc1cc(F)cc(F)c1)[C@@H]1CCNC1. The fourth-order valence-electron chi connectivity index (χ4n) is 2.49. The normalized spacial score (nSPS) is 17.0. The number of rotatable bonds is 4. The molecule has 3 rings (SSSR count).